The third-order valence-electron chi connectivity index (χ3n) is 7.33. The Morgan fingerprint density at radius 3 is 1.37 bits per heavy atom. The lowest BCUT2D eigenvalue weighted by Gasteiger charge is -2.17. The second-order valence-electron chi connectivity index (χ2n) is 11.0. The fourth-order valence-electron chi connectivity index (χ4n) is 4.54. The van der Waals surface area contributed by atoms with E-state index in [0.29, 0.717) is 36.1 Å². The highest BCUT2D eigenvalue weighted by Gasteiger charge is 2.16. The smallest absolute Gasteiger partial charge is 0.252 e. The van der Waals surface area contributed by atoms with Crippen molar-refractivity contribution in [1.82, 2.24) is 10.6 Å². The number of carbonyl (C=O) groups excluding carboxylic acids is 2. The Kier molecular flexibility index (Phi) is 15.0. The van der Waals surface area contributed by atoms with Crippen LogP contribution in [0.1, 0.15) is 101 Å². The number of rotatable bonds is 17. The first-order chi connectivity index (χ1) is 18.2. The molecule has 0 aliphatic carbocycles. The Morgan fingerprint density at radius 2 is 1.00 bits per heavy atom. The first kappa shape index (κ1) is 32.3. The summed E-state index contributed by atoms with van der Waals surface area (Å²) in [6.07, 6.45) is 6.75. The summed E-state index contributed by atoms with van der Waals surface area (Å²) in [5, 5.41) is 6.22. The summed E-state index contributed by atoms with van der Waals surface area (Å²) in [6, 6.07) is 15.4. The van der Waals surface area contributed by atoms with E-state index in [1.165, 1.54) is 47.3 Å². The van der Waals surface area contributed by atoms with Gasteiger partial charge < -0.3 is 10.6 Å². The highest BCUT2D eigenvalue weighted by molar-refractivity contribution is 8.76. The summed E-state index contributed by atoms with van der Waals surface area (Å²) in [7, 11) is 3.05. The lowest BCUT2D eigenvalue weighted by molar-refractivity contribution is 0.0940. The fraction of sp³-hybridized carbons (Fsp3) is 0.562. The van der Waals surface area contributed by atoms with Gasteiger partial charge in [0.25, 0.3) is 11.8 Å². The van der Waals surface area contributed by atoms with Gasteiger partial charge in [-0.15, -0.1) is 0 Å². The molecule has 0 saturated carbocycles. The monoisotopic (exact) mass is 556 g/mol. The van der Waals surface area contributed by atoms with Crippen LogP contribution in [0.15, 0.2) is 58.3 Å². The molecule has 0 bridgehead atoms. The van der Waals surface area contributed by atoms with Crippen molar-refractivity contribution in [3.63, 3.8) is 0 Å². The SMILES string of the molecule is CCC(C)CC(C)CCNC(=O)c1ccccc1SSc1ccccc1C(=O)NCCC(C)CC(C)CC. The van der Waals surface area contributed by atoms with E-state index in [0.717, 1.165) is 34.5 Å². The minimum Gasteiger partial charge on any atom is -0.352 e. The van der Waals surface area contributed by atoms with Crippen molar-refractivity contribution in [2.75, 3.05) is 13.1 Å². The third kappa shape index (κ3) is 11.4. The Hall–Kier alpha value is -1.92. The van der Waals surface area contributed by atoms with Crippen LogP contribution in [0.25, 0.3) is 0 Å². The summed E-state index contributed by atoms with van der Waals surface area (Å²) in [6.45, 7) is 14.9. The molecule has 0 fully saturated rings. The molecule has 38 heavy (non-hydrogen) atoms. The van der Waals surface area contributed by atoms with Gasteiger partial charge in [0, 0.05) is 22.9 Å². The van der Waals surface area contributed by atoms with Gasteiger partial charge in [-0.1, -0.05) is 100 Å². The second kappa shape index (κ2) is 17.6. The molecule has 0 spiro atoms. The maximum absolute atomic E-state index is 13.0. The Morgan fingerprint density at radius 1 is 0.632 bits per heavy atom. The van der Waals surface area contributed by atoms with E-state index < -0.39 is 0 Å². The lowest BCUT2D eigenvalue weighted by Crippen LogP contribution is -2.26. The summed E-state index contributed by atoms with van der Waals surface area (Å²) in [5.74, 6) is 2.55. The fourth-order valence-corrected chi connectivity index (χ4v) is 6.90. The number of benzene rings is 2. The highest BCUT2D eigenvalue weighted by Crippen LogP contribution is 2.40. The van der Waals surface area contributed by atoms with Gasteiger partial charge in [-0.2, -0.15) is 0 Å². The third-order valence-corrected chi connectivity index (χ3v) is 9.82. The summed E-state index contributed by atoms with van der Waals surface area (Å²) < 4.78 is 0. The molecule has 0 heterocycles. The molecule has 4 atom stereocenters. The van der Waals surface area contributed by atoms with Crippen LogP contribution in [0.2, 0.25) is 0 Å². The highest BCUT2D eigenvalue weighted by atomic mass is 33.1. The molecule has 2 aromatic carbocycles. The van der Waals surface area contributed by atoms with Crippen molar-refractivity contribution in [1.29, 1.82) is 0 Å². The molecule has 0 radical (unpaired) electrons. The lowest BCUT2D eigenvalue weighted by atomic mass is 9.93. The first-order valence-electron chi connectivity index (χ1n) is 14.3. The zero-order valence-corrected chi connectivity index (χ0v) is 25.9. The molecule has 4 unspecified atom stereocenters. The molecular weight excluding hydrogens is 508 g/mol. The van der Waals surface area contributed by atoms with Crippen LogP contribution in [-0.4, -0.2) is 24.9 Å². The topological polar surface area (TPSA) is 58.2 Å². The van der Waals surface area contributed by atoms with E-state index in [4.69, 9.17) is 0 Å². The van der Waals surface area contributed by atoms with Crippen molar-refractivity contribution in [3.05, 3.63) is 59.7 Å². The Balaban J connectivity index is 1.93. The molecule has 0 aliphatic rings. The molecule has 4 nitrogen and oxygen atoms in total. The van der Waals surface area contributed by atoms with Crippen LogP contribution in [0, 0.1) is 23.7 Å². The van der Waals surface area contributed by atoms with E-state index in [1.54, 1.807) is 0 Å². The van der Waals surface area contributed by atoms with Crippen molar-refractivity contribution >= 4 is 33.4 Å². The van der Waals surface area contributed by atoms with Gasteiger partial charge >= 0.3 is 0 Å². The van der Waals surface area contributed by atoms with E-state index >= 15 is 0 Å². The Bertz CT molecular complexity index is 917. The molecule has 2 amide bonds. The van der Waals surface area contributed by atoms with Gasteiger partial charge in [-0.25, -0.2) is 0 Å². The normalized spacial score (nSPS) is 14.4. The molecule has 2 rings (SSSR count). The second-order valence-corrected chi connectivity index (χ2v) is 13.2. The predicted molar refractivity (Wildman–Crippen MR) is 165 cm³/mol. The van der Waals surface area contributed by atoms with Crippen molar-refractivity contribution in [2.24, 2.45) is 23.7 Å². The number of carbonyl (C=O) groups is 2. The van der Waals surface area contributed by atoms with Gasteiger partial charge in [0.1, 0.15) is 0 Å². The van der Waals surface area contributed by atoms with Gasteiger partial charge in [0.05, 0.1) is 11.1 Å². The van der Waals surface area contributed by atoms with Gasteiger partial charge in [0.2, 0.25) is 0 Å². The van der Waals surface area contributed by atoms with E-state index in [1.807, 2.05) is 48.5 Å². The Labute approximate surface area is 239 Å². The van der Waals surface area contributed by atoms with Crippen LogP contribution in [0.5, 0.6) is 0 Å². The molecule has 0 aliphatic heterocycles. The van der Waals surface area contributed by atoms with Crippen molar-refractivity contribution in [3.8, 4) is 0 Å². The summed E-state index contributed by atoms with van der Waals surface area (Å²) in [4.78, 5) is 27.7. The summed E-state index contributed by atoms with van der Waals surface area (Å²) in [5.41, 5.74) is 1.36. The van der Waals surface area contributed by atoms with Crippen molar-refractivity contribution < 1.29 is 9.59 Å². The average Bonchev–Trinajstić information content (AvgIpc) is 2.91. The molecule has 2 N–H and O–H groups in total. The zero-order valence-electron chi connectivity index (χ0n) is 24.2. The molecule has 6 heteroatoms. The van der Waals surface area contributed by atoms with Gasteiger partial charge in [-0.3, -0.25) is 9.59 Å². The number of amides is 2. The van der Waals surface area contributed by atoms with Gasteiger partial charge in [-0.05, 0) is 73.6 Å². The minimum atomic E-state index is -0.0398. The number of hydrogen-bond donors (Lipinski definition) is 2. The molecule has 0 aromatic heterocycles. The van der Waals surface area contributed by atoms with Crippen LogP contribution in [0.4, 0.5) is 0 Å². The molecule has 0 saturated heterocycles. The molecule has 2 aromatic rings. The van der Waals surface area contributed by atoms with Crippen LogP contribution in [-0.2, 0) is 0 Å². The quantitative estimate of drug-likeness (QED) is 0.191. The van der Waals surface area contributed by atoms with Crippen molar-refractivity contribution in [2.45, 2.75) is 89.9 Å². The summed E-state index contributed by atoms with van der Waals surface area (Å²) >= 11 is 0. The van der Waals surface area contributed by atoms with Crippen LogP contribution >= 0.6 is 21.6 Å². The van der Waals surface area contributed by atoms with Crippen LogP contribution < -0.4 is 10.6 Å². The van der Waals surface area contributed by atoms with Gasteiger partial charge in [0.15, 0.2) is 0 Å². The standard InChI is InChI=1S/C32H48N2O2S2/c1-7-23(3)21-25(5)17-19-33-31(35)27-13-9-11-15-29(27)37-38-30-16-12-10-14-28(30)32(36)34-20-18-26(6)22-24(4)8-2/h9-16,23-26H,7-8,17-22H2,1-6H3,(H,33,35)(H,34,36). The largest absolute Gasteiger partial charge is 0.352 e. The average molecular weight is 557 g/mol. The van der Waals surface area contributed by atoms with E-state index in [9.17, 15) is 9.59 Å². The minimum absolute atomic E-state index is 0.0398. The molecular formula is C32H48N2O2S2. The van der Waals surface area contributed by atoms with E-state index in [-0.39, 0.29) is 11.8 Å². The van der Waals surface area contributed by atoms with E-state index in [2.05, 4.69) is 52.2 Å². The number of nitrogens with one attached hydrogen (secondary N) is 2. The predicted octanol–water partition coefficient (Wildman–Crippen LogP) is 8.87. The van der Waals surface area contributed by atoms with Crippen LogP contribution in [0.3, 0.4) is 0 Å². The zero-order chi connectivity index (χ0) is 27.9. The maximum Gasteiger partial charge on any atom is 0.252 e. The number of hydrogen-bond acceptors (Lipinski definition) is 4. The maximum atomic E-state index is 13.0. The molecule has 210 valence electrons. The first-order valence-corrected chi connectivity index (χ1v) is 16.5.